The highest BCUT2D eigenvalue weighted by Gasteiger charge is 2.39. The zero-order valence-corrected chi connectivity index (χ0v) is 21.6. The normalized spacial score (nSPS) is 12.7. The van der Waals surface area contributed by atoms with Crippen molar-refractivity contribution in [3.8, 4) is 11.3 Å². The maximum Gasteiger partial charge on any atom is 0.326 e. The Labute approximate surface area is 230 Å². The highest BCUT2D eigenvalue weighted by Crippen LogP contribution is 2.37. The number of hydrogen-bond donors (Lipinski definition) is 1. The maximum atomic E-state index is 14.3. The van der Waals surface area contributed by atoms with Crippen LogP contribution in [0.25, 0.3) is 11.3 Å². The maximum absolute atomic E-state index is 14.3. The summed E-state index contributed by atoms with van der Waals surface area (Å²) in [4.78, 5) is 28.5. The molecule has 1 heterocycles. The Morgan fingerprint density at radius 3 is 2.21 bits per heavy atom. The fraction of sp³-hybridized carbons (Fsp3) is 0.0968. The van der Waals surface area contributed by atoms with E-state index in [2.05, 4.69) is 0 Å². The van der Waals surface area contributed by atoms with Crippen LogP contribution in [0, 0.1) is 0 Å². The van der Waals surface area contributed by atoms with E-state index in [0.29, 0.717) is 22.1 Å². The summed E-state index contributed by atoms with van der Waals surface area (Å²) in [6.07, 6.45) is 0.0784. The van der Waals surface area contributed by atoms with Gasteiger partial charge in [0.25, 0.3) is 5.91 Å². The van der Waals surface area contributed by atoms with Crippen LogP contribution in [0.4, 0.5) is 0 Å². The Morgan fingerprint density at radius 2 is 1.53 bits per heavy atom. The number of halogens is 2. The second-order valence-corrected chi connectivity index (χ2v) is 9.72. The molecule has 7 heteroatoms. The van der Waals surface area contributed by atoms with Gasteiger partial charge in [-0.25, -0.2) is 4.79 Å². The van der Waals surface area contributed by atoms with E-state index in [1.807, 2.05) is 84.9 Å². The minimum absolute atomic E-state index is 0.0784. The Hall–Kier alpha value is -4.06. The van der Waals surface area contributed by atoms with Gasteiger partial charge in [-0.2, -0.15) is 0 Å². The van der Waals surface area contributed by atoms with Crippen LogP contribution in [0.3, 0.4) is 0 Å². The molecular weight excluding hydrogens is 521 g/mol. The third-order valence-electron chi connectivity index (χ3n) is 6.41. The van der Waals surface area contributed by atoms with Crippen LogP contribution in [-0.4, -0.2) is 27.9 Å². The zero-order chi connectivity index (χ0) is 26.6. The van der Waals surface area contributed by atoms with E-state index in [1.165, 1.54) is 17.0 Å². The second kappa shape index (κ2) is 11.1. The molecule has 0 radical (unpaired) electrons. The first-order valence-electron chi connectivity index (χ1n) is 12.0. The van der Waals surface area contributed by atoms with Crippen molar-refractivity contribution in [2.75, 3.05) is 0 Å². The Balaban J connectivity index is 1.73. The van der Waals surface area contributed by atoms with E-state index in [-0.39, 0.29) is 17.0 Å². The fourth-order valence-corrected chi connectivity index (χ4v) is 5.10. The van der Waals surface area contributed by atoms with Gasteiger partial charge in [-0.1, -0.05) is 96.0 Å². The Morgan fingerprint density at radius 1 is 0.816 bits per heavy atom. The summed E-state index contributed by atoms with van der Waals surface area (Å²) < 4.78 is 6.27. The molecule has 1 N–H and O–H groups in total. The van der Waals surface area contributed by atoms with Crippen molar-refractivity contribution in [3.63, 3.8) is 0 Å². The van der Waals surface area contributed by atoms with E-state index < -0.39 is 24.0 Å². The van der Waals surface area contributed by atoms with Crippen molar-refractivity contribution in [2.24, 2.45) is 0 Å². The predicted molar refractivity (Wildman–Crippen MR) is 148 cm³/mol. The smallest absolute Gasteiger partial charge is 0.326 e. The first-order valence-corrected chi connectivity index (χ1v) is 12.8. The quantitative estimate of drug-likeness (QED) is 0.218. The number of fused-ring (bicyclic) bond motifs is 1. The monoisotopic (exact) mass is 543 g/mol. The van der Waals surface area contributed by atoms with E-state index in [4.69, 9.17) is 27.6 Å². The van der Waals surface area contributed by atoms with Gasteiger partial charge >= 0.3 is 5.97 Å². The molecule has 190 valence electrons. The second-order valence-electron chi connectivity index (χ2n) is 8.88. The average Bonchev–Trinajstić information content (AvgIpc) is 3.39. The number of hydrogen-bond acceptors (Lipinski definition) is 3. The SMILES string of the molecule is O=C(O)[C@H](Cc1ccccc1)N(C(=O)c1ccc(Cl)cc1Cl)C(c1ccccc1)c1ccc2cccc-2o1. The number of carboxylic acids is 1. The summed E-state index contributed by atoms with van der Waals surface area (Å²) in [5, 5.41) is 11.0. The van der Waals surface area contributed by atoms with E-state index >= 15 is 0 Å². The third kappa shape index (κ3) is 5.30. The molecule has 2 aliphatic rings. The van der Waals surface area contributed by atoms with E-state index in [9.17, 15) is 14.7 Å². The lowest BCUT2D eigenvalue weighted by Crippen LogP contribution is -2.48. The van der Waals surface area contributed by atoms with Crippen molar-refractivity contribution >= 4 is 35.1 Å². The van der Waals surface area contributed by atoms with Gasteiger partial charge in [-0.15, -0.1) is 0 Å². The molecular formula is C31H23Cl2NO4. The summed E-state index contributed by atoms with van der Waals surface area (Å²) >= 11 is 12.6. The molecule has 5 nitrogen and oxygen atoms in total. The molecule has 0 saturated carbocycles. The molecule has 0 aromatic heterocycles. The van der Waals surface area contributed by atoms with Gasteiger partial charge < -0.3 is 14.4 Å². The molecule has 0 fully saturated rings. The first kappa shape index (κ1) is 25.6. The number of benzene rings is 3. The first-order chi connectivity index (χ1) is 18.4. The number of amides is 1. The molecule has 1 amide bonds. The topological polar surface area (TPSA) is 70.8 Å². The summed E-state index contributed by atoms with van der Waals surface area (Å²) in [5.41, 5.74) is 2.51. The van der Waals surface area contributed by atoms with Gasteiger partial charge in [0.1, 0.15) is 23.6 Å². The highest BCUT2D eigenvalue weighted by atomic mass is 35.5. The van der Waals surface area contributed by atoms with Crippen molar-refractivity contribution < 1.29 is 19.1 Å². The Bertz CT molecular complexity index is 1530. The minimum atomic E-state index is -1.24. The molecule has 0 saturated heterocycles. The summed E-state index contributed by atoms with van der Waals surface area (Å²) in [6.45, 7) is 0. The number of carbonyl (C=O) groups excluding carboxylic acids is 1. The summed E-state index contributed by atoms with van der Waals surface area (Å²) in [7, 11) is 0. The van der Waals surface area contributed by atoms with Gasteiger partial charge in [0.05, 0.1) is 10.6 Å². The molecule has 1 aliphatic carbocycles. The largest absolute Gasteiger partial charge is 0.480 e. The lowest BCUT2D eigenvalue weighted by Gasteiger charge is -2.36. The van der Waals surface area contributed by atoms with Crippen molar-refractivity contribution in [1.82, 2.24) is 4.90 Å². The molecule has 3 aromatic rings. The molecule has 3 aromatic carbocycles. The fourth-order valence-electron chi connectivity index (χ4n) is 4.61. The molecule has 2 atom stereocenters. The van der Waals surface area contributed by atoms with Crippen molar-refractivity contribution in [1.29, 1.82) is 0 Å². The summed E-state index contributed by atoms with van der Waals surface area (Å²) in [6, 6.07) is 30.2. The van der Waals surface area contributed by atoms with Crippen LogP contribution in [0.1, 0.15) is 33.3 Å². The summed E-state index contributed by atoms with van der Waals surface area (Å²) in [5.74, 6) is -0.646. The molecule has 0 bridgehead atoms. The standard InChI is InChI=1S/C31H23Cl2NO4/c32-23-15-16-24(25(33)19-23)30(35)34(26(31(36)37)18-20-8-3-1-4-9-20)29(22-10-5-2-6-11-22)28-17-14-21-12-7-13-27(21)38-28/h1-17,19,26,29H,18H2,(H,36,37)/t26-,29?/m0/s1. The van der Waals surface area contributed by atoms with Crippen LogP contribution in [0.2, 0.25) is 10.0 Å². The number of rotatable bonds is 8. The van der Waals surface area contributed by atoms with E-state index in [0.717, 1.165) is 11.1 Å². The van der Waals surface area contributed by atoms with Gasteiger partial charge in [-0.3, -0.25) is 4.79 Å². The van der Waals surface area contributed by atoms with Crippen molar-refractivity contribution in [3.05, 3.63) is 142 Å². The molecule has 1 aliphatic heterocycles. The molecule has 5 rings (SSSR count). The van der Waals surface area contributed by atoms with Crippen LogP contribution in [0.5, 0.6) is 0 Å². The lowest BCUT2D eigenvalue weighted by atomic mass is 9.95. The number of carbonyl (C=O) groups is 2. The van der Waals surface area contributed by atoms with Crippen LogP contribution in [-0.2, 0) is 11.2 Å². The average molecular weight is 544 g/mol. The van der Waals surface area contributed by atoms with Crippen LogP contribution >= 0.6 is 23.2 Å². The molecule has 38 heavy (non-hydrogen) atoms. The van der Waals surface area contributed by atoms with Gasteiger partial charge in [-0.05, 0) is 47.5 Å². The lowest BCUT2D eigenvalue weighted by molar-refractivity contribution is -0.143. The number of aliphatic carboxylic acids is 1. The minimum Gasteiger partial charge on any atom is -0.480 e. The molecule has 1 unspecified atom stereocenters. The van der Waals surface area contributed by atoms with Crippen molar-refractivity contribution in [2.45, 2.75) is 18.5 Å². The highest BCUT2D eigenvalue weighted by molar-refractivity contribution is 6.36. The molecule has 0 spiro atoms. The van der Waals surface area contributed by atoms with Gasteiger partial charge in [0.15, 0.2) is 0 Å². The predicted octanol–water partition coefficient (Wildman–Crippen LogP) is 7.62. The van der Waals surface area contributed by atoms with E-state index in [1.54, 1.807) is 12.1 Å². The Kier molecular flexibility index (Phi) is 7.50. The van der Waals surface area contributed by atoms with Gasteiger partial charge in [0.2, 0.25) is 0 Å². The van der Waals surface area contributed by atoms with Crippen LogP contribution in [0.15, 0.2) is 114 Å². The van der Waals surface area contributed by atoms with Gasteiger partial charge in [0, 0.05) is 17.0 Å². The zero-order valence-electron chi connectivity index (χ0n) is 20.1. The number of nitrogens with zero attached hydrogens (tertiary/aromatic N) is 1. The van der Waals surface area contributed by atoms with Crippen LogP contribution < -0.4 is 0 Å². The number of carboxylic acid groups (broad SMARTS) is 1. The third-order valence-corrected chi connectivity index (χ3v) is 6.96.